The molecule has 0 saturated carbocycles. The molecule has 0 bridgehead atoms. The molecule has 0 saturated heterocycles. The topological polar surface area (TPSA) is 123 Å². The number of rotatable bonds is 11. The maximum absolute atomic E-state index is 13.1. The number of methoxy groups -OCH3 is 2. The van der Waals surface area contributed by atoms with Gasteiger partial charge in [-0.3, -0.25) is 14.2 Å². The number of hydrogen-bond donors (Lipinski definition) is 3. The predicted octanol–water partition coefficient (Wildman–Crippen LogP) is 5.49. The number of benzene rings is 3. The van der Waals surface area contributed by atoms with Crippen LogP contribution in [0.5, 0.6) is 11.5 Å². The predicted molar refractivity (Wildman–Crippen MR) is 172 cm³/mol. The van der Waals surface area contributed by atoms with Crippen LogP contribution >= 0.6 is 0 Å². The van der Waals surface area contributed by atoms with Gasteiger partial charge in [-0.15, -0.1) is 0 Å². The minimum atomic E-state index is -0.320. The number of carbonyl (C=O) groups excluding carboxylic acids is 2. The number of carbonyl (C=O) groups is 2. The molecule has 0 unspecified atom stereocenters. The number of ether oxygens (including phenoxy) is 2. The zero-order valence-corrected chi connectivity index (χ0v) is 24.9. The molecule has 11 nitrogen and oxygen atoms in total. The van der Waals surface area contributed by atoms with Crippen molar-refractivity contribution in [3.63, 3.8) is 0 Å². The highest BCUT2D eigenvalue weighted by Gasteiger charge is 2.15. The van der Waals surface area contributed by atoms with Crippen molar-refractivity contribution in [3.05, 3.63) is 103 Å². The van der Waals surface area contributed by atoms with E-state index in [2.05, 4.69) is 20.9 Å². The lowest BCUT2D eigenvalue weighted by Crippen LogP contribution is -2.14. The number of amides is 2. The first kappa shape index (κ1) is 29.8. The quantitative estimate of drug-likeness (QED) is 0.172. The Bertz CT molecular complexity index is 1830. The van der Waals surface area contributed by atoms with Gasteiger partial charge in [0, 0.05) is 46.8 Å². The molecular weight excluding hydrogens is 558 g/mol. The average Bonchev–Trinajstić information content (AvgIpc) is 3.45. The Labute approximate surface area is 255 Å². The van der Waals surface area contributed by atoms with Crippen LogP contribution in [-0.2, 0) is 4.79 Å². The summed E-state index contributed by atoms with van der Waals surface area (Å²) in [6, 6.07) is 21.7. The van der Waals surface area contributed by atoms with Crippen molar-refractivity contribution in [2.45, 2.75) is 0 Å². The minimum absolute atomic E-state index is 0.267. The third-order valence-electron chi connectivity index (χ3n) is 6.61. The number of fused-ring (bicyclic) bond motifs is 1. The second kappa shape index (κ2) is 13.5. The number of likely N-dealkylation sites (N-methyl/N-ethyl adjacent to an activating group) is 1. The van der Waals surface area contributed by atoms with Crippen LogP contribution in [0, 0.1) is 0 Å². The molecular formula is C33H33N7O4. The van der Waals surface area contributed by atoms with Crippen LogP contribution in [0.4, 0.5) is 23.0 Å². The Morgan fingerprint density at radius 2 is 1.61 bits per heavy atom. The van der Waals surface area contributed by atoms with Crippen molar-refractivity contribution in [2.75, 3.05) is 50.8 Å². The monoisotopic (exact) mass is 591 g/mol. The van der Waals surface area contributed by atoms with E-state index in [0.29, 0.717) is 46.7 Å². The SMILES string of the molecule is COc1cnc(Nc2cccc(NC(=O)c3cccc(NC(=O)C=CCN(C)C)c3)c2)nc1-n1ccc2c(OC)cccc21. The first-order valence-corrected chi connectivity index (χ1v) is 13.8. The molecule has 2 amide bonds. The number of nitrogens with one attached hydrogen (secondary N) is 3. The summed E-state index contributed by atoms with van der Waals surface area (Å²) in [7, 11) is 7.05. The number of hydrogen-bond acceptors (Lipinski definition) is 8. The van der Waals surface area contributed by atoms with E-state index >= 15 is 0 Å². The largest absolute Gasteiger partial charge is 0.496 e. The van der Waals surface area contributed by atoms with Gasteiger partial charge in [0.15, 0.2) is 11.6 Å². The fraction of sp³-hybridized carbons (Fsp3) is 0.152. The highest BCUT2D eigenvalue weighted by atomic mass is 16.5. The lowest BCUT2D eigenvalue weighted by Gasteiger charge is -2.13. The van der Waals surface area contributed by atoms with E-state index in [-0.39, 0.29) is 11.8 Å². The lowest BCUT2D eigenvalue weighted by molar-refractivity contribution is -0.111. The van der Waals surface area contributed by atoms with Crippen LogP contribution in [-0.4, -0.2) is 66.1 Å². The first-order valence-electron chi connectivity index (χ1n) is 13.8. The van der Waals surface area contributed by atoms with Crippen molar-refractivity contribution in [1.29, 1.82) is 0 Å². The van der Waals surface area contributed by atoms with Gasteiger partial charge in [0.2, 0.25) is 11.9 Å². The fourth-order valence-corrected chi connectivity index (χ4v) is 4.54. The van der Waals surface area contributed by atoms with Crippen LogP contribution in [0.15, 0.2) is 97.3 Å². The van der Waals surface area contributed by atoms with E-state index in [1.165, 1.54) is 6.08 Å². The van der Waals surface area contributed by atoms with Gasteiger partial charge in [-0.2, -0.15) is 4.98 Å². The summed E-state index contributed by atoms with van der Waals surface area (Å²) in [6.45, 7) is 0.648. The minimum Gasteiger partial charge on any atom is -0.496 e. The standard InChI is InChI=1S/C33H33N7O4/c1-39(2)17-8-15-30(41)35-23-10-5-9-22(19-23)32(42)36-24-11-6-12-25(20-24)37-33-34-21-29(44-4)31(38-33)40-18-16-26-27(40)13-7-14-28(26)43-3/h5-16,18-21H,17H2,1-4H3,(H,35,41)(H,36,42)(H,34,37,38). The van der Waals surface area contributed by atoms with Crippen LogP contribution in [0.1, 0.15) is 10.4 Å². The summed E-state index contributed by atoms with van der Waals surface area (Å²) >= 11 is 0. The Hall–Kier alpha value is -5.68. The molecule has 5 rings (SSSR count). The molecule has 44 heavy (non-hydrogen) atoms. The molecule has 0 radical (unpaired) electrons. The second-order valence-corrected chi connectivity index (χ2v) is 10.1. The molecule has 2 heterocycles. The van der Waals surface area contributed by atoms with E-state index < -0.39 is 0 Å². The van der Waals surface area contributed by atoms with Gasteiger partial charge >= 0.3 is 0 Å². The fourth-order valence-electron chi connectivity index (χ4n) is 4.54. The van der Waals surface area contributed by atoms with Gasteiger partial charge in [-0.25, -0.2) is 4.98 Å². The molecule has 0 spiro atoms. The lowest BCUT2D eigenvalue weighted by atomic mass is 10.1. The molecule has 224 valence electrons. The average molecular weight is 592 g/mol. The van der Waals surface area contributed by atoms with Crippen LogP contribution in [0.3, 0.4) is 0 Å². The van der Waals surface area contributed by atoms with E-state index in [9.17, 15) is 9.59 Å². The Morgan fingerprint density at radius 3 is 2.39 bits per heavy atom. The van der Waals surface area contributed by atoms with Gasteiger partial charge in [-0.05, 0) is 68.7 Å². The van der Waals surface area contributed by atoms with Crippen LogP contribution < -0.4 is 25.4 Å². The summed E-state index contributed by atoms with van der Waals surface area (Å²) in [5, 5.41) is 9.85. The van der Waals surface area contributed by atoms with E-state index in [0.717, 1.165) is 16.7 Å². The smallest absolute Gasteiger partial charge is 0.255 e. The van der Waals surface area contributed by atoms with Gasteiger partial charge in [0.05, 0.1) is 25.9 Å². The van der Waals surface area contributed by atoms with E-state index in [1.807, 2.05) is 66.2 Å². The van der Waals surface area contributed by atoms with Crippen LogP contribution in [0.25, 0.3) is 16.7 Å². The number of anilines is 4. The van der Waals surface area contributed by atoms with E-state index in [1.54, 1.807) is 62.9 Å². The summed E-state index contributed by atoms with van der Waals surface area (Å²) in [5.74, 6) is 1.57. The second-order valence-electron chi connectivity index (χ2n) is 10.1. The molecule has 2 aromatic heterocycles. The first-order chi connectivity index (χ1) is 21.3. The Morgan fingerprint density at radius 1 is 0.886 bits per heavy atom. The summed E-state index contributed by atoms with van der Waals surface area (Å²) < 4.78 is 13.0. The highest BCUT2D eigenvalue weighted by molar-refractivity contribution is 6.06. The Kier molecular flexibility index (Phi) is 9.16. The summed E-state index contributed by atoms with van der Waals surface area (Å²) in [5.41, 5.74) is 3.06. The molecule has 3 N–H and O–H groups in total. The summed E-state index contributed by atoms with van der Waals surface area (Å²) in [6.07, 6.45) is 6.75. The van der Waals surface area contributed by atoms with Crippen molar-refractivity contribution in [2.24, 2.45) is 0 Å². The van der Waals surface area contributed by atoms with Crippen molar-refractivity contribution in [3.8, 4) is 17.3 Å². The van der Waals surface area contributed by atoms with E-state index in [4.69, 9.17) is 14.5 Å². The maximum Gasteiger partial charge on any atom is 0.255 e. The van der Waals surface area contributed by atoms with Crippen molar-refractivity contribution < 1.29 is 19.1 Å². The maximum atomic E-state index is 13.1. The van der Waals surface area contributed by atoms with Crippen molar-refractivity contribution in [1.82, 2.24) is 19.4 Å². The van der Waals surface area contributed by atoms with Gasteiger partial charge in [0.25, 0.3) is 5.91 Å². The normalized spacial score (nSPS) is 11.1. The van der Waals surface area contributed by atoms with Crippen LogP contribution in [0.2, 0.25) is 0 Å². The molecule has 0 aliphatic carbocycles. The van der Waals surface area contributed by atoms with Crippen molar-refractivity contribution >= 4 is 45.7 Å². The highest BCUT2D eigenvalue weighted by Crippen LogP contribution is 2.31. The third-order valence-corrected chi connectivity index (χ3v) is 6.61. The molecule has 0 aliphatic heterocycles. The molecule has 3 aromatic carbocycles. The van der Waals surface area contributed by atoms with Gasteiger partial charge in [-0.1, -0.05) is 24.3 Å². The van der Waals surface area contributed by atoms with Gasteiger partial charge in [0.1, 0.15) is 5.75 Å². The zero-order valence-electron chi connectivity index (χ0n) is 24.9. The molecule has 11 heteroatoms. The molecule has 0 aliphatic rings. The molecule has 0 fully saturated rings. The number of aromatic nitrogens is 3. The Balaban J connectivity index is 1.30. The summed E-state index contributed by atoms with van der Waals surface area (Å²) in [4.78, 5) is 36.4. The van der Waals surface area contributed by atoms with Gasteiger partial charge < -0.3 is 30.3 Å². The molecule has 5 aromatic rings. The zero-order chi connectivity index (χ0) is 31.1. The molecule has 0 atom stereocenters. The number of nitrogens with zero attached hydrogens (tertiary/aromatic N) is 4. The third kappa shape index (κ3) is 7.02.